The number of alkyl carbamates (subject to hydrolysis) is 1. The van der Waals surface area contributed by atoms with E-state index in [4.69, 9.17) is 24.7 Å². The summed E-state index contributed by atoms with van der Waals surface area (Å²) in [6.07, 6.45) is 6.46. The number of rotatable bonds is 10. The van der Waals surface area contributed by atoms with Crippen LogP contribution in [0.2, 0.25) is 0 Å². The topological polar surface area (TPSA) is 201 Å². The summed E-state index contributed by atoms with van der Waals surface area (Å²) >= 11 is 3.05. The quantitative estimate of drug-likeness (QED) is 0.114. The second-order valence-corrected chi connectivity index (χ2v) is 16.7. The number of aromatic nitrogens is 6. The average Bonchev–Trinajstić information content (AvgIpc) is 4.14. The van der Waals surface area contributed by atoms with E-state index in [-0.39, 0.29) is 23.9 Å². The predicted molar refractivity (Wildman–Crippen MR) is 230 cm³/mol. The first-order valence-electron chi connectivity index (χ1n) is 19.8. The van der Waals surface area contributed by atoms with Gasteiger partial charge in [-0.25, -0.2) is 29.5 Å². The number of carbonyl (C=O) groups is 4. The highest BCUT2D eigenvalue weighted by atomic mass is 32.1. The third-order valence-electron chi connectivity index (χ3n) is 11.0. The van der Waals surface area contributed by atoms with Gasteiger partial charge in [-0.1, -0.05) is 60.7 Å². The number of aromatic amines is 2. The van der Waals surface area contributed by atoms with Crippen LogP contribution in [0.15, 0.2) is 90.2 Å². The largest absolute Gasteiger partial charge is 0.453 e. The molecule has 18 heteroatoms. The maximum Gasteiger partial charge on any atom is 0.432 e. The number of aliphatic imine (C=N–C) groups is 1. The number of hydrogen-bond donors (Lipinski definition) is 3. The summed E-state index contributed by atoms with van der Waals surface area (Å²) in [5, 5.41) is 4.23. The molecule has 61 heavy (non-hydrogen) atoms. The Kier molecular flexibility index (Phi) is 11.1. The zero-order valence-electron chi connectivity index (χ0n) is 33.1. The number of imidazole rings is 2. The SMILES string of the molecule is COC(=O)N=CC(C(=O)N1CCC[C@H]1c1ncc(-c2nc3cc4sc(-c5cnc([C@@H]6CCCN6C(=O)C(NC(=O)OC)c6ccccc6)[nH]5)nc4cc3s2)[nH]1)c1ccccc1. The van der Waals surface area contributed by atoms with Crippen molar-refractivity contribution in [3.05, 3.63) is 108 Å². The maximum absolute atomic E-state index is 14.0. The van der Waals surface area contributed by atoms with E-state index in [9.17, 15) is 19.2 Å². The molecule has 0 saturated carbocycles. The van der Waals surface area contributed by atoms with Gasteiger partial charge in [0.25, 0.3) is 5.91 Å². The maximum atomic E-state index is 14.0. The summed E-state index contributed by atoms with van der Waals surface area (Å²) in [7, 11) is 2.52. The van der Waals surface area contributed by atoms with Gasteiger partial charge in [0.15, 0.2) is 0 Å². The molecule has 0 aliphatic carbocycles. The number of H-pyrrole nitrogens is 2. The minimum atomic E-state index is -0.903. The lowest BCUT2D eigenvalue weighted by Gasteiger charge is -2.28. The van der Waals surface area contributed by atoms with Gasteiger partial charge in [-0.2, -0.15) is 4.99 Å². The van der Waals surface area contributed by atoms with E-state index in [1.807, 2.05) is 72.8 Å². The molecule has 0 radical (unpaired) electrons. The van der Waals surface area contributed by atoms with Crippen molar-refractivity contribution in [1.82, 2.24) is 45.0 Å². The average molecular weight is 857 g/mol. The van der Waals surface area contributed by atoms with E-state index < -0.39 is 24.1 Å². The van der Waals surface area contributed by atoms with Crippen LogP contribution in [0.4, 0.5) is 9.59 Å². The molecule has 2 aliphatic heterocycles. The Hall–Kier alpha value is -6.79. The van der Waals surface area contributed by atoms with Crippen LogP contribution < -0.4 is 5.32 Å². The lowest BCUT2D eigenvalue weighted by molar-refractivity contribution is -0.134. The fraction of sp³-hybridized carbons (Fsp3) is 0.279. The molecule has 310 valence electrons. The van der Waals surface area contributed by atoms with Crippen molar-refractivity contribution in [3.63, 3.8) is 0 Å². The number of ether oxygens (including phenoxy) is 2. The summed E-state index contributed by atoms with van der Waals surface area (Å²) in [6, 6.07) is 21.0. The van der Waals surface area contributed by atoms with Crippen molar-refractivity contribution in [3.8, 4) is 21.4 Å². The Balaban J connectivity index is 0.916. The standard InChI is InChI=1S/C43H40N10O6S2/c1-58-42(56)46-21-26(24-11-5-3-6-12-24)40(54)52-17-9-15-31(52)36-44-22-29(47-36)38-49-27-19-34-28(20-33(27)60-38)50-39(61-34)30-23-45-37(48-30)32-16-10-18-53(32)41(55)35(51-43(57)59-2)25-13-7-4-8-14-25/h3-8,11-14,19-23,26,31-32,35H,9-10,15-18H2,1-2H3,(H,44,47)(H,45,48)(H,51,57)/t26?,31-,32-,35?/m0/s1. The van der Waals surface area contributed by atoms with E-state index in [2.05, 4.69) is 25.0 Å². The molecule has 3 N–H and O–H groups in total. The number of fused-ring (bicyclic) bond motifs is 2. The molecule has 2 fully saturated rings. The predicted octanol–water partition coefficient (Wildman–Crippen LogP) is 7.73. The summed E-state index contributed by atoms with van der Waals surface area (Å²) in [5.74, 6) is 0.159. The highest BCUT2D eigenvalue weighted by Crippen LogP contribution is 2.39. The number of methoxy groups -OCH3 is 2. The fourth-order valence-corrected chi connectivity index (χ4v) is 9.93. The van der Waals surface area contributed by atoms with Gasteiger partial charge in [-0.3, -0.25) is 9.59 Å². The second-order valence-electron chi connectivity index (χ2n) is 14.7. The molecule has 0 bridgehead atoms. The number of likely N-dealkylation sites (tertiary alicyclic amines) is 2. The number of hydrogen-bond acceptors (Lipinski definition) is 12. The molecule has 2 saturated heterocycles. The normalized spacial score (nSPS) is 17.6. The molecular weight excluding hydrogens is 817 g/mol. The number of nitrogens with zero attached hydrogens (tertiary/aromatic N) is 7. The third kappa shape index (κ3) is 7.98. The molecule has 7 aromatic rings. The summed E-state index contributed by atoms with van der Waals surface area (Å²) in [6.45, 7) is 1.08. The lowest BCUT2D eigenvalue weighted by atomic mass is 9.98. The molecule has 4 atom stereocenters. The third-order valence-corrected chi connectivity index (χ3v) is 13.1. The van der Waals surface area contributed by atoms with Crippen LogP contribution in [0.3, 0.4) is 0 Å². The van der Waals surface area contributed by atoms with Gasteiger partial charge >= 0.3 is 12.2 Å². The van der Waals surface area contributed by atoms with Crippen LogP contribution in [0.25, 0.3) is 41.8 Å². The monoisotopic (exact) mass is 856 g/mol. The fourth-order valence-electron chi connectivity index (χ4n) is 8.03. The lowest BCUT2D eigenvalue weighted by Crippen LogP contribution is -2.42. The zero-order chi connectivity index (χ0) is 42.0. The molecule has 4 aromatic heterocycles. The molecular formula is C43H40N10O6S2. The van der Waals surface area contributed by atoms with Crippen LogP contribution in [0.1, 0.15) is 72.5 Å². The van der Waals surface area contributed by atoms with Crippen molar-refractivity contribution in [2.24, 2.45) is 4.99 Å². The van der Waals surface area contributed by atoms with Gasteiger partial charge < -0.3 is 34.6 Å². The van der Waals surface area contributed by atoms with E-state index in [1.165, 1.54) is 43.1 Å². The van der Waals surface area contributed by atoms with Crippen LogP contribution >= 0.6 is 22.7 Å². The first kappa shape index (κ1) is 39.7. The molecule has 0 spiro atoms. The molecule has 3 aromatic carbocycles. The number of thiazole rings is 2. The van der Waals surface area contributed by atoms with E-state index in [1.54, 1.807) is 22.2 Å². The number of carbonyl (C=O) groups excluding carboxylic acids is 4. The van der Waals surface area contributed by atoms with E-state index >= 15 is 0 Å². The van der Waals surface area contributed by atoms with E-state index in [0.29, 0.717) is 30.3 Å². The Bertz CT molecular complexity index is 2710. The van der Waals surface area contributed by atoms with Crippen molar-refractivity contribution in [2.75, 3.05) is 27.3 Å². The second kappa shape index (κ2) is 17.1. The van der Waals surface area contributed by atoms with Gasteiger partial charge in [0.1, 0.15) is 27.7 Å². The van der Waals surface area contributed by atoms with Crippen LogP contribution in [-0.4, -0.2) is 97.2 Å². The Morgan fingerprint density at radius 3 is 1.80 bits per heavy atom. The van der Waals surface area contributed by atoms with Crippen molar-refractivity contribution >= 4 is 73.3 Å². The number of benzene rings is 3. The molecule has 2 unspecified atom stereocenters. The molecule has 9 rings (SSSR count). The first-order chi connectivity index (χ1) is 29.8. The Labute approximate surface area is 357 Å². The smallest absolute Gasteiger partial charge is 0.432 e. The van der Waals surface area contributed by atoms with Crippen LogP contribution in [-0.2, 0) is 19.1 Å². The van der Waals surface area contributed by atoms with Gasteiger partial charge in [0.2, 0.25) is 5.91 Å². The molecule has 4 amide bonds. The van der Waals surface area contributed by atoms with Crippen molar-refractivity contribution < 1.29 is 28.7 Å². The minimum absolute atomic E-state index is 0.171. The highest BCUT2D eigenvalue weighted by molar-refractivity contribution is 7.23. The zero-order valence-corrected chi connectivity index (χ0v) is 34.7. The molecule has 6 heterocycles. The highest BCUT2D eigenvalue weighted by Gasteiger charge is 2.38. The summed E-state index contributed by atoms with van der Waals surface area (Å²) in [4.78, 5) is 85.7. The van der Waals surface area contributed by atoms with Gasteiger partial charge in [0, 0.05) is 19.3 Å². The van der Waals surface area contributed by atoms with Crippen molar-refractivity contribution in [1.29, 1.82) is 0 Å². The van der Waals surface area contributed by atoms with Crippen LogP contribution in [0, 0.1) is 0 Å². The van der Waals surface area contributed by atoms with Crippen molar-refractivity contribution in [2.45, 2.75) is 49.7 Å². The summed E-state index contributed by atoms with van der Waals surface area (Å²) in [5.41, 5.74) is 4.54. The molecule has 16 nitrogen and oxygen atoms in total. The molecule has 2 aliphatic rings. The number of nitrogens with one attached hydrogen (secondary N) is 3. The van der Waals surface area contributed by atoms with Gasteiger partial charge in [-0.05, 0) is 48.9 Å². The first-order valence-corrected chi connectivity index (χ1v) is 21.4. The number of amides is 4. The summed E-state index contributed by atoms with van der Waals surface area (Å²) < 4.78 is 11.4. The Morgan fingerprint density at radius 2 is 1.28 bits per heavy atom. The van der Waals surface area contributed by atoms with E-state index in [0.717, 1.165) is 73.1 Å². The van der Waals surface area contributed by atoms with Gasteiger partial charge in [-0.15, -0.1) is 22.7 Å². The Morgan fingerprint density at radius 1 is 0.754 bits per heavy atom. The minimum Gasteiger partial charge on any atom is -0.453 e. The van der Waals surface area contributed by atoms with Crippen LogP contribution in [0.5, 0.6) is 0 Å². The van der Waals surface area contributed by atoms with Gasteiger partial charge in [0.05, 0.1) is 76.4 Å².